The number of carbonyl (C=O) groups is 2. The second kappa shape index (κ2) is 14.1. The van der Waals surface area contributed by atoms with Crippen LogP contribution in [0, 0.1) is 11.6 Å². The Morgan fingerprint density at radius 1 is 1.00 bits per heavy atom. The number of fused-ring (bicyclic) bond motifs is 1. The van der Waals surface area contributed by atoms with Gasteiger partial charge in [0.15, 0.2) is 11.6 Å². The maximum absolute atomic E-state index is 15.1. The smallest absolute Gasteiger partial charge is 0.236 e. The molecule has 2 amide bonds. The fraction of sp³-hybridized carbons (Fsp3) is 0.188. The van der Waals surface area contributed by atoms with Crippen LogP contribution in [0.3, 0.4) is 0 Å². The fourth-order valence-corrected chi connectivity index (χ4v) is 5.31. The number of nitrogens with zero attached hydrogens (tertiary/aromatic N) is 3. The standard InChI is InChI=1S/C32H29F2N5O4S/c1-39(23-9-6-20(33)7-10-23)31(41)18-30(40)38-21-8-11-27(24(34)16-21)43-28-12-13-36-26-17-29(44-32(26)28)25-5-3-4-22(37-25)19-35-14-15-42-2/h3-13,16-17,35H,14-15,18-19H2,1-2H3,(H,38,40). The van der Waals surface area contributed by atoms with Gasteiger partial charge in [-0.1, -0.05) is 6.07 Å². The highest BCUT2D eigenvalue weighted by Gasteiger charge is 2.18. The van der Waals surface area contributed by atoms with Gasteiger partial charge in [0.1, 0.15) is 18.0 Å². The molecule has 44 heavy (non-hydrogen) atoms. The van der Waals surface area contributed by atoms with Crippen LogP contribution < -0.4 is 20.3 Å². The SMILES string of the molecule is COCCNCc1cccc(-c2cc3nccc(Oc4ccc(NC(=O)CC(=O)N(C)c5ccc(F)cc5)cc4F)c3s2)n1. The van der Waals surface area contributed by atoms with Crippen LogP contribution in [-0.2, 0) is 20.9 Å². The normalized spacial score (nSPS) is 11.0. The second-order valence-electron chi connectivity index (χ2n) is 9.72. The first-order valence-electron chi connectivity index (χ1n) is 13.6. The third kappa shape index (κ3) is 7.59. The van der Waals surface area contributed by atoms with Gasteiger partial charge in [0.2, 0.25) is 11.8 Å². The minimum absolute atomic E-state index is 0.0418. The van der Waals surface area contributed by atoms with Gasteiger partial charge in [-0.25, -0.2) is 8.78 Å². The largest absolute Gasteiger partial charge is 0.453 e. The first-order valence-corrected chi connectivity index (χ1v) is 14.5. The molecule has 3 aromatic heterocycles. The number of rotatable bonds is 12. The number of aromatic nitrogens is 2. The van der Waals surface area contributed by atoms with Crippen molar-refractivity contribution in [2.45, 2.75) is 13.0 Å². The zero-order chi connectivity index (χ0) is 31.1. The minimum atomic E-state index is -0.699. The molecular weight excluding hydrogens is 588 g/mol. The van der Waals surface area contributed by atoms with Crippen LogP contribution in [0.5, 0.6) is 11.5 Å². The Labute approximate surface area is 256 Å². The molecule has 0 spiro atoms. The van der Waals surface area contributed by atoms with E-state index in [0.29, 0.717) is 30.1 Å². The zero-order valence-corrected chi connectivity index (χ0v) is 24.8. The zero-order valence-electron chi connectivity index (χ0n) is 24.0. The lowest BCUT2D eigenvalue weighted by Crippen LogP contribution is -2.30. The number of thiophene rings is 1. The van der Waals surface area contributed by atoms with Gasteiger partial charge < -0.3 is 25.0 Å². The lowest BCUT2D eigenvalue weighted by atomic mass is 10.2. The van der Waals surface area contributed by atoms with Gasteiger partial charge >= 0.3 is 0 Å². The molecule has 9 nitrogen and oxygen atoms in total. The van der Waals surface area contributed by atoms with Crippen molar-refractivity contribution in [3.63, 3.8) is 0 Å². The number of ether oxygens (including phenoxy) is 2. The van der Waals surface area contributed by atoms with Gasteiger partial charge in [-0.05, 0) is 54.6 Å². The van der Waals surface area contributed by atoms with E-state index in [1.807, 2.05) is 24.3 Å². The van der Waals surface area contributed by atoms with Crippen LogP contribution in [0.25, 0.3) is 20.8 Å². The first kappa shape index (κ1) is 30.7. The van der Waals surface area contributed by atoms with E-state index in [0.717, 1.165) is 33.6 Å². The number of nitrogens with one attached hydrogen (secondary N) is 2. The summed E-state index contributed by atoms with van der Waals surface area (Å²) < 4.78 is 40.0. The Balaban J connectivity index is 1.24. The average molecular weight is 618 g/mol. The molecule has 12 heteroatoms. The van der Waals surface area contributed by atoms with Crippen molar-refractivity contribution in [1.29, 1.82) is 0 Å². The molecule has 5 aromatic rings. The summed E-state index contributed by atoms with van der Waals surface area (Å²) in [5, 5.41) is 5.81. The predicted molar refractivity (Wildman–Crippen MR) is 166 cm³/mol. The third-order valence-corrected chi connectivity index (χ3v) is 7.72. The first-order chi connectivity index (χ1) is 21.3. The summed E-state index contributed by atoms with van der Waals surface area (Å²) in [5.74, 6) is -1.88. The van der Waals surface area contributed by atoms with Crippen LogP contribution in [0.2, 0.25) is 0 Å². The van der Waals surface area contributed by atoms with E-state index in [4.69, 9.17) is 14.5 Å². The summed E-state index contributed by atoms with van der Waals surface area (Å²) in [5.41, 5.74) is 2.97. The van der Waals surface area contributed by atoms with Crippen LogP contribution in [0.1, 0.15) is 12.1 Å². The fourth-order valence-electron chi connectivity index (χ4n) is 4.28. The molecule has 2 aromatic carbocycles. The average Bonchev–Trinajstić information content (AvgIpc) is 3.46. The summed E-state index contributed by atoms with van der Waals surface area (Å²) >= 11 is 1.44. The molecule has 0 aliphatic carbocycles. The Morgan fingerprint density at radius 3 is 2.59 bits per heavy atom. The Kier molecular flexibility index (Phi) is 9.85. The summed E-state index contributed by atoms with van der Waals surface area (Å²) in [6.07, 6.45) is 1.11. The molecule has 0 aliphatic rings. The number of methoxy groups -OCH3 is 1. The molecule has 0 aliphatic heterocycles. The van der Waals surface area contributed by atoms with E-state index >= 15 is 4.39 Å². The summed E-state index contributed by atoms with van der Waals surface area (Å²) in [6, 6.07) is 18.7. The molecular formula is C32H29F2N5O4S. The second-order valence-corrected chi connectivity index (χ2v) is 10.8. The van der Waals surface area contributed by atoms with Crippen molar-refractivity contribution in [2.75, 3.05) is 37.5 Å². The van der Waals surface area contributed by atoms with Gasteiger partial charge in [-0.3, -0.25) is 19.6 Å². The molecule has 0 atom stereocenters. The molecule has 5 rings (SSSR count). The van der Waals surface area contributed by atoms with E-state index in [1.165, 1.54) is 59.7 Å². The maximum atomic E-state index is 15.1. The molecule has 0 fully saturated rings. The highest BCUT2D eigenvalue weighted by atomic mass is 32.1. The highest BCUT2D eigenvalue weighted by Crippen LogP contribution is 2.39. The Bertz CT molecular complexity index is 1780. The number of pyridine rings is 2. The summed E-state index contributed by atoms with van der Waals surface area (Å²) in [4.78, 5) is 36.3. The van der Waals surface area contributed by atoms with Gasteiger partial charge in [0.25, 0.3) is 0 Å². The Hall–Kier alpha value is -4.78. The van der Waals surface area contributed by atoms with E-state index in [-0.39, 0.29) is 11.4 Å². The van der Waals surface area contributed by atoms with E-state index < -0.39 is 29.9 Å². The lowest BCUT2D eigenvalue weighted by Gasteiger charge is -2.17. The van der Waals surface area contributed by atoms with E-state index in [2.05, 4.69) is 15.6 Å². The van der Waals surface area contributed by atoms with Gasteiger partial charge in [-0.2, -0.15) is 0 Å². The van der Waals surface area contributed by atoms with Gasteiger partial charge in [0, 0.05) is 57.0 Å². The van der Waals surface area contributed by atoms with Crippen LogP contribution in [0.15, 0.2) is 79.0 Å². The molecule has 0 unspecified atom stereocenters. The number of benzene rings is 2. The number of hydrogen-bond acceptors (Lipinski definition) is 8. The molecule has 226 valence electrons. The molecule has 3 heterocycles. The van der Waals surface area contributed by atoms with E-state index in [9.17, 15) is 14.0 Å². The van der Waals surface area contributed by atoms with Crippen molar-refractivity contribution in [3.05, 3.63) is 96.3 Å². The van der Waals surface area contributed by atoms with Gasteiger partial charge in [-0.15, -0.1) is 11.3 Å². The molecule has 0 saturated heterocycles. The number of anilines is 2. The topological polar surface area (TPSA) is 106 Å². The minimum Gasteiger partial charge on any atom is -0.453 e. The van der Waals surface area contributed by atoms with Crippen LogP contribution >= 0.6 is 11.3 Å². The molecule has 0 radical (unpaired) electrons. The van der Waals surface area contributed by atoms with Crippen molar-refractivity contribution in [1.82, 2.24) is 15.3 Å². The molecule has 2 N–H and O–H groups in total. The van der Waals surface area contributed by atoms with E-state index in [1.54, 1.807) is 19.4 Å². The summed E-state index contributed by atoms with van der Waals surface area (Å²) in [6.45, 7) is 1.94. The maximum Gasteiger partial charge on any atom is 0.236 e. The molecule has 0 bridgehead atoms. The number of amides is 2. The van der Waals surface area contributed by atoms with Crippen LogP contribution in [0.4, 0.5) is 20.2 Å². The van der Waals surface area contributed by atoms with Crippen molar-refractivity contribution in [2.24, 2.45) is 0 Å². The van der Waals surface area contributed by atoms with Crippen molar-refractivity contribution < 1.29 is 27.8 Å². The lowest BCUT2D eigenvalue weighted by molar-refractivity contribution is -0.125. The number of hydrogen-bond donors (Lipinski definition) is 2. The van der Waals surface area contributed by atoms with Crippen LogP contribution in [-0.4, -0.2) is 49.1 Å². The molecule has 0 saturated carbocycles. The van der Waals surface area contributed by atoms with Crippen molar-refractivity contribution in [3.8, 4) is 22.1 Å². The number of halogens is 2. The monoisotopic (exact) mass is 617 g/mol. The predicted octanol–water partition coefficient (Wildman–Crippen LogP) is 6.16. The Morgan fingerprint density at radius 2 is 1.82 bits per heavy atom. The van der Waals surface area contributed by atoms with Gasteiger partial charge in [0.05, 0.1) is 33.1 Å². The number of carbonyl (C=O) groups excluding carboxylic acids is 2. The summed E-state index contributed by atoms with van der Waals surface area (Å²) in [7, 11) is 3.14. The quantitative estimate of drug-likeness (QED) is 0.128. The third-order valence-electron chi connectivity index (χ3n) is 6.56. The highest BCUT2D eigenvalue weighted by molar-refractivity contribution is 7.22. The van der Waals surface area contributed by atoms with Crippen molar-refractivity contribution >= 4 is 44.7 Å².